The van der Waals surface area contributed by atoms with Gasteiger partial charge in [0.25, 0.3) is 0 Å². The van der Waals surface area contributed by atoms with Crippen molar-refractivity contribution >= 4 is 18.0 Å². The molecule has 1 aromatic rings. The molecule has 3 rings (SSSR count). The van der Waals surface area contributed by atoms with Gasteiger partial charge in [-0.25, -0.2) is 4.98 Å². The molecule has 0 aromatic carbocycles. The second kappa shape index (κ2) is 8.95. The number of hydrogen-bond acceptors (Lipinski definition) is 6. The molecular formula is C18H27N5O3. The molecule has 1 amide bonds. The summed E-state index contributed by atoms with van der Waals surface area (Å²) in [6, 6.07) is 0.490. The number of nitrogens with zero attached hydrogens (tertiary/aromatic N) is 4. The number of esters is 1. The third kappa shape index (κ3) is 4.92. The molecule has 1 N–H and O–H groups in total. The molecule has 0 bridgehead atoms. The number of aromatic nitrogens is 2. The van der Waals surface area contributed by atoms with Gasteiger partial charge in [-0.3, -0.25) is 14.5 Å². The fourth-order valence-electron chi connectivity index (χ4n) is 3.38. The number of amides is 1. The van der Waals surface area contributed by atoms with Crippen molar-refractivity contribution in [2.45, 2.75) is 18.9 Å². The van der Waals surface area contributed by atoms with E-state index in [1.807, 2.05) is 17.4 Å². The topological polar surface area (TPSA) is 79.7 Å². The number of imidazole rings is 1. The molecule has 2 fully saturated rings. The number of nitrogens with one attached hydrogen (secondary N) is 1. The molecule has 0 spiro atoms. The van der Waals surface area contributed by atoms with Crippen molar-refractivity contribution < 1.29 is 14.3 Å². The van der Waals surface area contributed by atoms with E-state index < -0.39 is 0 Å². The zero-order valence-electron chi connectivity index (χ0n) is 15.3. The summed E-state index contributed by atoms with van der Waals surface area (Å²) in [4.78, 5) is 31.8. The molecule has 8 nitrogen and oxygen atoms in total. The van der Waals surface area contributed by atoms with Gasteiger partial charge in [-0.2, -0.15) is 0 Å². The predicted octanol–water partition coefficient (Wildman–Crippen LogP) is 0.138. The molecule has 3 heterocycles. The zero-order chi connectivity index (χ0) is 18.4. The van der Waals surface area contributed by atoms with Crippen LogP contribution < -0.4 is 5.32 Å². The Kier molecular flexibility index (Phi) is 6.40. The van der Waals surface area contributed by atoms with Gasteiger partial charge in [0.15, 0.2) is 0 Å². The van der Waals surface area contributed by atoms with E-state index in [1.54, 1.807) is 17.1 Å². The third-order valence-corrected chi connectivity index (χ3v) is 5.01. The number of rotatable bonds is 5. The zero-order valence-corrected chi connectivity index (χ0v) is 15.3. The maximum absolute atomic E-state index is 12.4. The van der Waals surface area contributed by atoms with Crippen LogP contribution >= 0.6 is 0 Å². The molecule has 26 heavy (non-hydrogen) atoms. The summed E-state index contributed by atoms with van der Waals surface area (Å²) in [5, 5.41) is 3.36. The first kappa shape index (κ1) is 18.6. The summed E-state index contributed by atoms with van der Waals surface area (Å²) in [5.41, 5.74) is 0.807. The molecule has 0 aliphatic carbocycles. The average molecular weight is 361 g/mol. The van der Waals surface area contributed by atoms with Gasteiger partial charge in [-0.1, -0.05) is 0 Å². The van der Waals surface area contributed by atoms with Crippen molar-refractivity contribution in [2.24, 2.45) is 0 Å². The fraction of sp³-hybridized carbons (Fsp3) is 0.611. The van der Waals surface area contributed by atoms with Crippen LogP contribution in [0.4, 0.5) is 0 Å². The fourth-order valence-corrected chi connectivity index (χ4v) is 3.38. The molecule has 142 valence electrons. The molecule has 0 radical (unpaired) electrons. The van der Waals surface area contributed by atoms with Crippen LogP contribution in [0.5, 0.6) is 0 Å². The van der Waals surface area contributed by atoms with Gasteiger partial charge in [0.1, 0.15) is 0 Å². The highest BCUT2D eigenvalue weighted by atomic mass is 16.5. The molecule has 8 heteroatoms. The number of ether oxygens (including phenoxy) is 1. The molecule has 0 saturated carbocycles. The van der Waals surface area contributed by atoms with E-state index in [-0.39, 0.29) is 18.4 Å². The summed E-state index contributed by atoms with van der Waals surface area (Å²) in [6.45, 7) is 4.94. The minimum atomic E-state index is -0.242. The normalized spacial score (nSPS) is 19.8. The lowest BCUT2D eigenvalue weighted by molar-refractivity contribution is -0.142. The number of piperidine rings is 1. The number of piperazine rings is 1. The van der Waals surface area contributed by atoms with Crippen molar-refractivity contribution in [1.29, 1.82) is 0 Å². The van der Waals surface area contributed by atoms with Gasteiger partial charge in [0.05, 0.1) is 25.7 Å². The Labute approximate surface area is 153 Å². The van der Waals surface area contributed by atoms with Crippen molar-refractivity contribution in [3.8, 4) is 0 Å². The Morgan fingerprint density at radius 2 is 2.00 bits per heavy atom. The summed E-state index contributed by atoms with van der Waals surface area (Å²) < 4.78 is 6.83. The predicted molar refractivity (Wildman–Crippen MR) is 97.4 cm³/mol. The lowest BCUT2D eigenvalue weighted by Crippen LogP contribution is -2.49. The van der Waals surface area contributed by atoms with Crippen LogP contribution in [0, 0.1) is 0 Å². The van der Waals surface area contributed by atoms with E-state index in [9.17, 15) is 9.59 Å². The Bertz CT molecular complexity index is 643. The number of carbonyl (C=O) groups excluding carboxylic acids is 2. The van der Waals surface area contributed by atoms with Crippen LogP contribution in [-0.2, 0) is 14.3 Å². The molecule has 1 aromatic heterocycles. The van der Waals surface area contributed by atoms with E-state index in [0.29, 0.717) is 32.2 Å². The van der Waals surface area contributed by atoms with Crippen molar-refractivity contribution in [3.05, 3.63) is 24.3 Å². The SMILES string of the molecule is COC(=O)CN1CCN(C(=O)/C=C/c2cn(C3CCNCC3)cn2)CC1. The van der Waals surface area contributed by atoms with E-state index in [2.05, 4.69) is 19.6 Å². The van der Waals surface area contributed by atoms with Crippen LogP contribution in [0.15, 0.2) is 18.6 Å². The molecule has 0 unspecified atom stereocenters. The molecular weight excluding hydrogens is 334 g/mol. The molecule has 2 aliphatic heterocycles. The van der Waals surface area contributed by atoms with E-state index >= 15 is 0 Å². The van der Waals surface area contributed by atoms with Gasteiger partial charge in [-0.15, -0.1) is 0 Å². The van der Waals surface area contributed by atoms with Gasteiger partial charge in [-0.05, 0) is 32.0 Å². The monoisotopic (exact) mass is 361 g/mol. The van der Waals surface area contributed by atoms with Crippen molar-refractivity contribution in [3.63, 3.8) is 0 Å². The number of methoxy groups -OCH3 is 1. The number of carbonyl (C=O) groups is 2. The Hall–Kier alpha value is -2.19. The quantitative estimate of drug-likeness (QED) is 0.594. The van der Waals surface area contributed by atoms with Crippen LogP contribution in [0.3, 0.4) is 0 Å². The number of hydrogen-bond donors (Lipinski definition) is 1. The maximum atomic E-state index is 12.4. The van der Waals surface area contributed by atoms with E-state index in [4.69, 9.17) is 0 Å². The van der Waals surface area contributed by atoms with Gasteiger partial charge in [0, 0.05) is 44.5 Å². The van der Waals surface area contributed by atoms with E-state index in [0.717, 1.165) is 31.6 Å². The Morgan fingerprint density at radius 3 is 2.69 bits per heavy atom. The average Bonchev–Trinajstić information content (AvgIpc) is 3.16. The standard InChI is InChI=1S/C18H27N5O3/c1-26-18(25)13-21-8-10-22(11-9-21)17(24)3-2-15-12-23(14-20-15)16-4-6-19-7-5-16/h2-3,12,14,16,19H,4-11,13H2,1H3/b3-2+. The van der Waals surface area contributed by atoms with Crippen LogP contribution in [-0.4, -0.2) is 84.2 Å². The third-order valence-electron chi connectivity index (χ3n) is 5.01. The van der Waals surface area contributed by atoms with Crippen LogP contribution in [0.2, 0.25) is 0 Å². The van der Waals surface area contributed by atoms with Gasteiger partial charge < -0.3 is 19.5 Å². The first-order valence-electron chi connectivity index (χ1n) is 9.16. The highest BCUT2D eigenvalue weighted by Crippen LogP contribution is 2.18. The lowest BCUT2D eigenvalue weighted by Gasteiger charge is -2.33. The summed E-state index contributed by atoms with van der Waals surface area (Å²) in [6.07, 6.45) is 9.44. The first-order chi connectivity index (χ1) is 12.7. The summed E-state index contributed by atoms with van der Waals surface area (Å²) >= 11 is 0. The molecule has 0 atom stereocenters. The summed E-state index contributed by atoms with van der Waals surface area (Å²) in [5.74, 6) is -0.256. The van der Waals surface area contributed by atoms with Crippen LogP contribution in [0.25, 0.3) is 6.08 Å². The van der Waals surface area contributed by atoms with Gasteiger partial charge in [0.2, 0.25) is 5.91 Å². The first-order valence-corrected chi connectivity index (χ1v) is 9.16. The Morgan fingerprint density at radius 1 is 1.27 bits per heavy atom. The minimum Gasteiger partial charge on any atom is -0.468 e. The largest absolute Gasteiger partial charge is 0.468 e. The lowest BCUT2D eigenvalue weighted by atomic mass is 10.1. The maximum Gasteiger partial charge on any atom is 0.319 e. The summed E-state index contributed by atoms with van der Waals surface area (Å²) in [7, 11) is 1.39. The van der Waals surface area contributed by atoms with Gasteiger partial charge >= 0.3 is 5.97 Å². The molecule has 2 aliphatic rings. The smallest absolute Gasteiger partial charge is 0.319 e. The Balaban J connectivity index is 1.47. The highest BCUT2D eigenvalue weighted by Gasteiger charge is 2.21. The second-order valence-electron chi connectivity index (χ2n) is 6.74. The van der Waals surface area contributed by atoms with Crippen molar-refractivity contribution in [1.82, 2.24) is 24.7 Å². The minimum absolute atomic E-state index is 0.0147. The highest BCUT2D eigenvalue weighted by molar-refractivity contribution is 5.91. The van der Waals surface area contributed by atoms with Crippen LogP contribution in [0.1, 0.15) is 24.6 Å². The van der Waals surface area contributed by atoms with E-state index in [1.165, 1.54) is 7.11 Å². The van der Waals surface area contributed by atoms with Crippen molar-refractivity contribution in [2.75, 3.05) is 52.9 Å². The molecule has 2 saturated heterocycles. The second-order valence-corrected chi connectivity index (χ2v) is 6.74.